The van der Waals surface area contributed by atoms with Crippen molar-refractivity contribution >= 4 is 17.5 Å². The number of hydrogen-bond donors (Lipinski definition) is 2. The number of aliphatic hydroxyl groups excluding tert-OH is 1. The van der Waals surface area contributed by atoms with Crippen LogP contribution in [0.3, 0.4) is 0 Å². The lowest BCUT2D eigenvalue weighted by molar-refractivity contribution is -0.201. The minimum Gasteiger partial charge on any atom is -0.382 e. The van der Waals surface area contributed by atoms with Gasteiger partial charge in [-0.2, -0.15) is 13.2 Å². The molecule has 0 fully saturated rings. The van der Waals surface area contributed by atoms with Gasteiger partial charge in [-0.1, -0.05) is 0 Å². The first kappa shape index (κ1) is 12.5. The predicted octanol–water partition coefficient (Wildman–Crippen LogP) is 0.653. The average molecular weight is 220 g/mol. The molecule has 0 saturated carbocycles. The predicted molar refractivity (Wildman–Crippen MR) is 40.4 cm³/mol. The molecule has 0 radical (unpaired) electrons. The number of carbonyl (C=O) groups excluding carboxylic acids is 1. The van der Waals surface area contributed by atoms with Crippen molar-refractivity contribution in [2.45, 2.75) is 24.6 Å². The van der Waals surface area contributed by atoms with Gasteiger partial charge in [0.05, 0.1) is 6.54 Å². The highest BCUT2D eigenvalue weighted by atomic mass is 35.5. The van der Waals surface area contributed by atoms with E-state index in [1.807, 2.05) is 5.32 Å². The van der Waals surface area contributed by atoms with Crippen LogP contribution >= 0.6 is 11.6 Å². The minimum absolute atomic E-state index is 0.745. The maximum Gasteiger partial charge on any atom is 0.416 e. The van der Waals surface area contributed by atoms with E-state index in [1.165, 1.54) is 6.92 Å². The van der Waals surface area contributed by atoms with Crippen LogP contribution in [0.15, 0.2) is 0 Å². The second kappa shape index (κ2) is 4.66. The molecule has 0 saturated heterocycles. The lowest BCUT2D eigenvalue weighted by Crippen LogP contribution is -2.42. The summed E-state index contributed by atoms with van der Waals surface area (Å²) in [5.74, 6) is -0.745. The molecule has 0 bridgehead atoms. The van der Waals surface area contributed by atoms with Crippen LogP contribution in [0.5, 0.6) is 0 Å². The van der Waals surface area contributed by atoms with Gasteiger partial charge in [-0.15, -0.1) is 11.6 Å². The van der Waals surface area contributed by atoms with Crippen LogP contribution < -0.4 is 5.32 Å². The molecule has 7 heteroatoms. The molecule has 2 unspecified atom stereocenters. The zero-order valence-electron chi connectivity index (χ0n) is 6.73. The number of aliphatic hydroxyl groups is 1. The zero-order valence-corrected chi connectivity index (χ0v) is 7.49. The van der Waals surface area contributed by atoms with E-state index in [2.05, 4.69) is 0 Å². The summed E-state index contributed by atoms with van der Waals surface area (Å²) in [7, 11) is 0. The van der Waals surface area contributed by atoms with Gasteiger partial charge in [0, 0.05) is 0 Å². The van der Waals surface area contributed by atoms with E-state index in [1.54, 1.807) is 0 Å². The van der Waals surface area contributed by atoms with Gasteiger partial charge in [0.25, 0.3) is 0 Å². The van der Waals surface area contributed by atoms with E-state index >= 15 is 0 Å². The van der Waals surface area contributed by atoms with Crippen LogP contribution in [-0.2, 0) is 4.79 Å². The van der Waals surface area contributed by atoms with Crippen molar-refractivity contribution in [1.29, 1.82) is 0 Å². The zero-order chi connectivity index (χ0) is 10.6. The van der Waals surface area contributed by atoms with Gasteiger partial charge in [-0.3, -0.25) is 4.79 Å². The summed E-state index contributed by atoms with van der Waals surface area (Å²) in [6.07, 6.45) is -7.27. The van der Waals surface area contributed by atoms with Gasteiger partial charge in [0.15, 0.2) is 6.10 Å². The third kappa shape index (κ3) is 4.94. The van der Waals surface area contributed by atoms with Crippen molar-refractivity contribution in [3.63, 3.8) is 0 Å². The Morgan fingerprint density at radius 1 is 1.62 bits per heavy atom. The topological polar surface area (TPSA) is 49.3 Å². The number of halogens is 4. The molecule has 0 spiro atoms. The summed E-state index contributed by atoms with van der Waals surface area (Å²) in [6, 6.07) is 0. The Labute approximate surface area is 77.9 Å². The molecule has 13 heavy (non-hydrogen) atoms. The lowest BCUT2D eigenvalue weighted by atomic mass is 10.3. The van der Waals surface area contributed by atoms with E-state index in [9.17, 15) is 18.0 Å². The lowest BCUT2D eigenvalue weighted by Gasteiger charge is -2.15. The summed E-state index contributed by atoms with van der Waals surface area (Å²) >= 11 is 5.25. The molecule has 0 aliphatic rings. The molecule has 2 N–H and O–H groups in total. The quantitative estimate of drug-likeness (QED) is 0.685. The Balaban J connectivity index is 3.84. The summed E-state index contributed by atoms with van der Waals surface area (Å²) in [5, 5.41) is 9.36. The Kier molecular flexibility index (Phi) is 4.49. The highest BCUT2D eigenvalue weighted by Crippen LogP contribution is 2.19. The van der Waals surface area contributed by atoms with Crippen molar-refractivity contribution in [1.82, 2.24) is 5.32 Å². The van der Waals surface area contributed by atoms with E-state index < -0.39 is 30.1 Å². The standard InChI is InChI=1S/C6H9ClF3NO2/c1-3(7)5(13)11-2-4(12)6(8,9)10/h3-4,12H,2H2,1H3,(H,11,13). The summed E-state index contributed by atoms with van der Waals surface area (Å²) in [5.41, 5.74) is 0. The molecule has 2 atom stereocenters. The molecule has 0 heterocycles. The monoisotopic (exact) mass is 219 g/mol. The molecule has 78 valence electrons. The normalized spacial score (nSPS) is 16.5. The van der Waals surface area contributed by atoms with Gasteiger partial charge >= 0.3 is 6.18 Å². The highest BCUT2D eigenvalue weighted by Gasteiger charge is 2.38. The Hall–Kier alpha value is -0.490. The molecule has 3 nitrogen and oxygen atoms in total. The van der Waals surface area contributed by atoms with Crippen molar-refractivity contribution < 1.29 is 23.1 Å². The van der Waals surface area contributed by atoms with Crippen LogP contribution in [0.1, 0.15) is 6.92 Å². The second-order valence-corrected chi connectivity index (χ2v) is 3.07. The Morgan fingerprint density at radius 2 is 2.08 bits per heavy atom. The van der Waals surface area contributed by atoms with Crippen molar-refractivity contribution in [2.75, 3.05) is 6.54 Å². The third-order valence-corrected chi connectivity index (χ3v) is 1.41. The molecule has 0 rings (SSSR count). The van der Waals surface area contributed by atoms with Crippen molar-refractivity contribution in [2.24, 2.45) is 0 Å². The number of hydrogen-bond acceptors (Lipinski definition) is 2. The van der Waals surface area contributed by atoms with Crippen LogP contribution in [0.25, 0.3) is 0 Å². The molecular formula is C6H9ClF3NO2. The smallest absolute Gasteiger partial charge is 0.382 e. The number of alkyl halides is 4. The first-order valence-electron chi connectivity index (χ1n) is 3.41. The highest BCUT2D eigenvalue weighted by molar-refractivity contribution is 6.30. The first-order valence-corrected chi connectivity index (χ1v) is 3.85. The molecule has 0 aliphatic heterocycles. The minimum atomic E-state index is -4.72. The van der Waals surface area contributed by atoms with Crippen LogP contribution in [-0.4, -0.2) is 35.2 Å². The average Bonchev–Trinajstić information content (AvgIpc) is 1.97. The van der Waals surface area contributed by atoms with Gasteiger partial charge in [-0.05, 0) is 6.92 Å². The van der Waals surface area contributed by atoms with Crippen LogP contribution in [0.2, 0.25) is 0 Å². The van der Waals surface area contributed by atoms with Crippen LogP contribution in [0, 0.1) is 0 Å². The van der Waals surface area contributed by atoms with E-state index in [0.717, 1.165) is 0 Å². The summed E-state index contributed by atoms with van der Waals surface area (Å²) < 4.78 is 35.0. The van der Waals surface area contributed by atoms with Gasteiger partial charge in [-0.25, -0.2) is 0 Å². The first-order chi connectivity index (χ1) is 5.75. The number of carbonyl (C=O) groups is 1. The van der Waals surface area contributed by atoms with Crippen LogP contribution in [0.4, 0.5) is 13.2 Å². The Morgan fingerprint density at radius 3 is 2.38 bits per heavy atom. The van der Waals surface area contributed by atoms with E-state index in [4.69, 9.17) is 16.7 Å². The maximum absolute atomic E-state index is 11.7. The third-order valence-electron chi connectivity index (χ3n) is 1.21. The van der Waals surface area contributed by atoms with E-state index in [0.29, 0.717) is 0 Å². The second-order valence-electron chi connectivity index (χ2n) is 2.42. The van der Waals surface area contributed by atoms with Crippen molar-refractivity contribution in [3.8, 4) is 0 Å². The molecule has 0 aliphatic carbocycles. The van der Waals surface area contributed by atoms with Gasteiger partial charge < -0.3 is 10.4 Å². The fourth-order valence-corrected chi connectivity index (χ4v) is 0.531. The number of nitrogens with one attached hydrogen (secondary N) is 1. The summed E-state index contributed by atoms with van der Waals surface area (Å²) in [4.78, 5) is 10.7. The Bertz CT molecular complexity index is 183. The molecule has 0 aromatic carbocycles. The summed E-state index contributed by atoms with van der Waals surface area (Å²) in [6.45, 7) is 0.441. The fourth-order valence-electron chi connectivity index (χ4n) is 0.454. The molecule has 0 aromatic rings. The SMILES string of the molecule is CC(Cl)C(=O)NCC(O)C(F)(F)F. The molecule has 0 aromatic heterocycles. The van der Waals surface area contributed by atoms with Gasteiger partial charge in [0.2, 0.25) is 5.91 Å². The largest absolute Gasteiger partial charge is 0.416 e. The fraction of sp³-hybridized carbons (Fsp3) is 0.833. The van der Waals surface area contributed by atoms with Crippen molar-refractivity contribution in [3.05, 3.63) is 0 Å². The number of rotatable bonds is 3. The number of amides is 1. The molecule has 1 amide bonds. The van der Waals surface area contributed by atoms with E-state index in [-0.39, 0.29) is 0 Å². The molecular weight excluding hydrogens is 211 g/mol. The van der Waals surface area contributed by atoms with Gasteiger partial charge in [0.1, 0.15) is 5.38 Å². The maximum atomic E-state index is 11.7.